The van der Waals surface area contributed by atoms with Gasteiger partial charge >= 0.3 is 0 Å². The first-order valence-corrected chi connectivity index (χ1v) is 6.14. The molecule has 0 aliphatic heterocycles. The van der Waals surface area contributed by atoms with Gasteiger partial charge in [-0.3, -0.25) is 9.89 Å². The van der Waals surface area contributed by atoms with Gasteiger partial charge in [0.15, 0.2) is 5.82 Å². The molecule has 5 nitrogen and oxygen atoms in total. The lowest BCUT2D eigenvalue weighted by molar-refractivity contribution is -0.129. The number of aromatic nitrogens is 2. The van der Waals surface area contributed by atoms with Gasteiger partial charge in [0.05, 0.1) is 5.41 Å². The second-order valence-electron chi connectivity index (χ2n) is 5.16. The quantitative estimate of drug-likeness (QED) is 0.742. The Morgan fingerprint density at radius 3 is 2.76 bits per heavy atom. The van der Waals surface area contributed by atoms with E-state index in [1.165, 1.54) is 0 Å². The van der Waals surface area contributed by atoms with Crippen LogP contribution in [0.3, 0.4) is 0 Å². The summed E-state index contributed by atoms with van der Waals surface area (Å²) in [4.78, 5) is 12.1. The van der Waals surface area contributed by atoms with Crippen molar-refractivity contribution in [3.05, 3.63) is 11.8 Å². The Kier molecular flexibility index (Phi) is 3.19. The number of nitrogens with one attached hydrogen (secondary N) is 2. The third-order valence-electron chi connectivity index (χ3n) is 3.64. The van der Waals surface area contributed by atoms with Crippen molar-refractivity contribution in [3.63, 3.8) is 0 Å². The maximum absolute atomic E-state index is 12.1. The SMILES string of the molecule is CC(C)c1cc(NC(=O)C2(CN)CCC2)n[nH]1. The number of amides is 1. The van der Waals surface area contributed by atoms with Crippen LogP contribution in [-0.4, -0.2) is 22.6 Å². The minimum atomic E-state index is -0.350. The monoisotopic (exact) mass is 236 g/mol. The lowest BCUT2D eigenvalue weighted by atomic mass is 9.68. The molecule has 0 bridgehead atoms. The fourth-order valence-corrected chi connectivity index (χ4v) is 2.07. The Balaban J connectivity index is 2.02. The molecule has 1 amide bonds. The summed E-state index contributed by atoms with van der Waals surface area (Å²) >= 11 is 0. The van der Waals surface area contributed by atoms with Gasteiger partial charge in [-0.1, -0.05) is 20.3 Å². The number of nitrogens with zero attached hydrogens (tertiary/aromatic N) is 1. The van der Waals surface area contributed by atoms with E-state index in [-0.39, 0.29) is 11.3 Å². The Morgan fingerprint density at radius 1 is 1.65 bits per heavy atom. The number of hydrogen-bond donors (Lipinski definition) is 3. The molecule has 5 heteroatoms. The summed E-state index contributed by atoms with van der Waals surface area (Å²) in [5.74, 6) is 0.979. The second kappa shape index (κ2) is 4.49. The third kappa shape index (κ3) is 2.20. The van der Waals surface area contributed by atoms with Gasteiger partial charge in [-0.15, -0.1) is 0 Å². The number of H-pyrrole nitrogens is 1. The Hall–Kier alpha value is -1.36. The van der Waals surface area contributed by atoms with Gasteiger partial charge in [0.25, 0.3) is 0 Å². The van der Waals surface area contributed by atoms with Crippen molar-refractivity contribution < 1.29 is 4.79 Å². The Morgan fingerprint density at radius 2 is 2.35 bits per heavy atom. The molecule has 1 aliphatic carbocycles. The van der Waals surface area contributed by atoms with Crippen LogP contribution >= 0.6 is 0 Å². The summed E-state index contributed by atoms with van der Waals surface area (Å²) in [5.41, 5.74) is 6.36. The van der Waals surface area contributed by atoms with E-state index in [1.54, 1.807) is 0 Å². The largest absolute Gasteiger partial charge is 0.329 e. The summed E-state index contributed by atoms with van der Waals surface area (Å²) < 4.78 is 0. The molecule has 1 heterocycles. The number of anilines is 1. The van der Waals surface area contributed by atoms with Crippen LogP contribution < -0.4 is 11.1 Å². The lowest BCUT2D eigenvalue weighted by Gasteiger charge is -2.38. The normalized spacial score (nSPS) is 17.9. The molecule has 17 heavy (non-hydrogen) atoms. The molecule has 0 atom stereocenters. The summed E-state index contributed by atoms with van der Waals surface area (Å²) in [5, 5.41) is 9.86. The number of aromatic amines is 1. The molecular weight excluding hydrogens is 216 g/mol. The zero-order valence-electron chi connectivity index (χ0n) is 10.4. The van der Waals surface area contributed by atoms with E-state index >= 15 is 0 Å². The van der Waals surface area contributed by atoms with Gasteiger partial charge in [-0.2, -0.15) is 5.10 Å². The fraction of sp³-hybridized carbons (Fsp3) is 0.667. The molecule has 0 saturated heterocycles. The highest BCUT2D eigenvalue weighted by Crippen LogP contribution is 2.40. The van der Waals surface area contributed by atoms with Crippen molar-refractivity contribution in [2.75, 3.05) is 11.9 Å². The fourth-order valence-electron chi connectivity index (χ4n) is 2.07. The van der Waals surface area contributed by atoms with Crippen LogP contribution in [0, 0.1) is 5.41 Å². The van der Waals surface area contributed by atoms with Crippen LogP contribution in [0.5, 0.6) is 0 Å². The first-order chi connectivity index (χ1) is 8.07. The molecule has 0 radical (unpaired) electrons. The topological polar surface area (TPSA) is 83.8 Å². The first kappa shape index (κ1) is 12.1. The highest BCUT2D eigenvalue weighted by Gasteiger charge is 2.43. The van der Waals surface area contributed by atoms with Crippen molar-refractivity contribution >= 4 is 11.7 Å². The predicted molar refractivity (Wildman–Crippen MR) is 66.6 cm³/mol. The zero-order valence-corrected chi connectivity index (χ0v) is 10.4. The van der Waals surface area contributed by atoms with E-state index in [0.29, 0.717) is 18.3 Å². The molecule has 1 aliphatic rings. The summed E-state index contributed by atoms with van der Waals surface area (Å²) in [7, 11) is 0. The highest BCUT2D eigenvalue weighted by atomic mass is 16.2. The molecule has 1 aromatic rings. The third-order valence-corrected chi connectivity index (χ3v) is 3.64. The van der Waals surface area contributed by atoms with Gasteiger partial charge in [-0.25, -0.2) is 0 Å². The Labute approximate surface area is 101 Å². The number of carbonyl (C=O) groups is 1. The van der Waals surface area contributed by atoms with Crippen LogP contribution in [0.1, 0.15) is 44.7 Å². The number of nitrogens with two attached hydrogens (primary N) is 1. The molecule has 94 valence electrons. The molecule has 1 aromatic heterocycles. The minimum Gasteiger partial charge on any atom is -0.329 e. The van der Waals surface area contributed by atoms with Gasteiger partial charge in [0.2, 0.25) is 5.91 Å². The van der Waals surface area contributed by atoms with Crippen molar-refractivity contribution in [2.45, 2.75) is 39.0 Å². The van der Waals surface area contributed by atoms with E-state index in [9.17, 15) is 4.79 Å². The molecule has 1 fully saturated rings. The molecule has 0 unspecified atom stereocenters. The highest BCUT2D eigenvalue weighted by molar-refractivity contribution is 5.95. The average molecular weight is 236 g/mol. The van der Waals surface area contributed by atoms with E-state index < -0.39 is 0 Å². The maximum atomic E-state index is 12.1. The van der Waals surface area contributed by atoms with Crippen LogP contribution in [0.15, 0.2) is 6.07 Å². The number of hydrogen-bond acceptors (Lipinski definition) is 3. The summed E-state index contributed by atoms with van der Waals surface area (Å²) in [6.45, 7) is 4.57. The van der Waals surface area contributed by atoms with Crippen LogP contribution in [0.25, 0.3) is 0 Å². The van der Waals surface area contributed by atoms with Gasteiger partial charge < -0.3 is 11.1 Å². The molecule has 2 rings (SSSR count). The Bertz CT molecular complexity index is 401. The van der Waals surface area contributed by atoms with Crippen molar-refractivity contribution in [1.29, 1.82) is 0 Å². The van der Waals surface area contributed by atoms with Gasteiger partial charge in [-0.05, 0) is 18.8 Å². The standard InChI is InChI=1S/C12H20N4O/c1-8(2)9-6-10(16-15-9)14-11(17)12(7-13)4-3-5-12/h6,8H,3-5,7,13H2,1-2H3,(H2,14,15,16,17). The van der Waals surface area contributed by atoms with Crippen LogP contribution in [-0.2, 0) is 4.79 Å². The van der Waals surface area contributed by atoms with Gasteiger partial charge in [0, 0.05) is 18.3 Å². The van der Waals surface area contributed by atoms with E-state index in [2.05, 4.69) is 29.4 Å². The summed E-state index contributed by atoms with van der Waals surface area (Å²) in [6.07, 6.45) is 2.86. The van der Waals surface area contributed by atoms with E-state index in [4.69, 9.17) is 5.73 Å². The minimum absolute atomic E-state index is 0.00746. The lowest BCUT2D eigenvalue weighted by Crippen LogP contribution is -2.47. The van der Waals surface area contributed by atoms with Crippen molar-refractivity contribution in [3.8, 4) is 0 Å². The number of rotatable bonds is 4. The van der Waals surface area contributed by atoms with Gasteiger partial charge in [0.1, 0.15) is 0 Å². The molecular formula is C12H20N4O. The van der Waals surface area contributed by atoms with E-state index in [1.807, 2.05) is 6.07 Å². The number of carbonyl (C=O) groups excluding carboxylic acids is 1. The van der Waals surface area contributed by atoms with E-state index in [0.717, 1.165) is 25.0 Å². The van der Waals surface area contributed by atoms with Crippen LogP contribution in [0.2, 0.25) is 0 Å². The average Bonchev–Trinajstić information content (AvgIpc) is 2.65. The molecule has 4 N–H and O–H groups in total. The first-order valence-electron chi connectivity index (χ1n) is 6.14. The van der Waals surface area contributed by atoms with Crippen molar-refractivity contribution in [1.82, 2.24) is 10.2 Å². The predicted octanol–water partition coefficient (Wildman–Crippen LogP) is 1.60. The molecule has 1 saturated carbocycles. The molecule has 0 aromatic carbocycles. The molecule has 0 spiro atoms. The second-order valence-corrected chi connectivity index (χ2v) is 5.16. The summed E-state index contributed by atoms with van der Waals surface area (Å²) in [6, 6.07) is 1.88. The smallest absolute Gasteiger partial charge is 0.233 e. The zero-order chi connectivity index (χ0) is 12.5. The van der Waals surface area contributed by atoms with Crippen molar-refractivity contribution in [2.24, 2.45) is 11.1 Å². The maximum Gasteiger partial charge on any atom is 0.233 e. The van der Waals surface area contributed by atoms with Crippen LogP contribution in [0.4, 0.5) is 5.82 Å².